The number of aliphatic hydroxyl groups excluding tert-OH is 1. The SMILES string of the molecule is CNC(=O)COc1ccccc1OCC(O)CNCCNC(=O)C(C)C. The number of ether oxygens (including phenoxy) is 2. The molecule has 0 bridgehead atoms. The molecule has 8 nitrogen and oxygen atoms in total. The first-order valence-corrected chi connectivity index (χ1v) is 8.65. The van der Waals surface area contributed by atoms with E-state index in [-0.39, 0.29) is 30.9 Å². The molecular weight excluding hydrogens is 338 g/mol. The van der Waals surface area contributed by atoms with E-state index in [1.54, 1.807) is 24.3 Å². The molecule has 1 unspecified atom stereocenters. The zero-order chi connectivity index (χ0) is 19.4. The average Bonchev–Trinajstić information content (AvgIpc) is 2.64. The number of para-hydroxylation sites is 2. The van der Waals surface area contributed by atoms with Crippen LogP contribution in [0.4, 0.5) is 0 Å². The van der Waals surface area contributed by atoms with E-state index in [0.29, 0.717) is 31.1 Å². The summed E-state index contributed by atoms with van der Waals surface area (Å²) in [7, 11) is 1.53. The lowest BCUT2D eigenvalue weighted by molar-refractivity contribution is -0.124. The van der Waals surface area contributed by atoms with Crippen molar-refractivity contribution in [2.24, 2.45) is 5.92 Å². The van der Waals surface area contributed by atoms with Crippen molar-refractivity contribution < 1.29 is 24.2 Å². The summed E-state index contributed by atoms with van der Waals surface area (Å²) >= 11 is 0. The van der Waals surface area contributed by atoms with E-state index in [9.17, 15) is 14.7 Å². The van der Waals surface area contributed by atoms with Gasteiger partial charge in [-0.25, -0.2) is 0 Å². The van der Waals surface area contributed by atoms with Gasteiger partial charge < -0.3 is 30.5 Å². The zero-order valence-corrected chi connectivity index (χ0v) is 15.6. The lowest BCUT2D eigenvalue weighted by Crippen LogP contribution is -2.38. The minimum Gasteiger partial charge on any atom is -0.487 e. The van der Waals surface area contributed by atoms with Gasteiger partial charge in [-0.3, -0.25) is 9.59 Å². The summed E-state index contributed by atoms with van der Waals surface area (Å²) in [5, 5.41) is 18.3. The second-order valence-electron chi connectivity index (χ2n) is 6.02. The first-order valence-electron chi connectivity index (χ1n) is 8.65. The van der Waals surface area contributed by atoms with Gasteiger partial charge in [0, 0.05) is 32.6 Å². The summed E-state index contributed by atoms with van der Waals surface area (Å²) in [6.07, 6.45) is -0.720. The van der Waals surface area contributed by atoms with Gasteiger partial charge in [-0.1, -0.05) is 26.0 Å². The molecule has 0 spiro atoms. The molecule has 0 saturated carbocycles. The van der Waals surface area contributed by atoms with Crippen LogP contribution in [0.5, 0.6) is 11.5 Å². The van der Waals surface area contributed by atoms with Crippen LogP contribution >= 0.6 is 0 Å². The van der Waals surface area contributed by atoms with E-state index in [2.05, 4.69) is 16.0 Å². The maximum Gasteiger partial charge on any atom is 0.257 e. The number of benzene rings is 1. The predicted molar refractivity (Wildman–Crippen MR) is 98.2 cm³/mol. The van der Waals surface area contributed by atoms with Crippen molar-refractivity contribution in [3.63, 3.8) is 0 Å². The lowest BCUT2D eigenvalue weighted by Gasteiger charge is -2.16. The maximum atomic E-state index is 11.4. The third kappa shape index (κ3) is 8.68. The van der Waals surface area contributed by atoms with Crippen LogP contribution in [0.3, 0.4) is 0 Å². The number of hydrogen-bond donors (Lipinski definition) is 4. The molecule has 1 aromatic rings. The van der Waals surface area contributed by atoms with Crippen LogP contribution in [0, 0.1) is 5.92 Å². The van der Waals surface area contributed by atoms with Gasteiger partial charge in [-0.05, 0) is 12.1 Å². The van der Waals surface area contributed by atoms with Gasteiger partial charge in [0.25, 0.3) is 5.91 Å². The molecule has 0 aliphatic heterocycles. The minimum atomic E-state index is -0.720. The fraction of sp³-hybridized carbons (Fsp3) is 0.556. The Labute approximate surface area is 154 Å². The Hall–Kier alpha value is -2.32. The second-order valence-corrected chi connectivity index (χ2v) is 6.02. The second kappa shape index (κ2) is 12.1. The van der Waals surface area contributed by atoms with Gasteiger partial charge in [-0.15, -0.1) is 0 Å². The van der Waals surface area contributed by atoms with Crippen LogP contribution in [-0.4, -0.2) is 62.9 Å². The average molecular weight is 367 g/mol. The molecule has 1 rings (SSSR count). The Bertz CT molecular complexity index is 566. The topological polar surface area (TPSA) is 109 Å². The summed E-state index contributed by atoms with van der Waals surface area (Å²) in [6.45, 7) is 5.02. The van der Waals surface area contributed by atoms with E-state index >= 15 is 0 Å². The number of hydrogen-bond acceptors (Lipinski definition) is 6. The molecule has 0 aromatic heterocycles. The Morgan fingerprint density at radius 3 is 2.38 bits per heavy atom. The van der Waals surface area contributed by atoms with Crippen molar-refractivity contribution in [1.29, 1.82) is 0 Å². The third-order valence-corrected chi connectivity index (χ3v) is 3.42. The fourth-order valence-electron chi connectivity index (χ4n) is 1.90. The van der Waals surface area contributed by atoms with Gasteiger partial charge in [0.15, 0.2) is 18.1 Å². The molecule has 0 aliphatic rings. The zero-order valence-electron chi connectivity index (χ0n) is 15.6. The number of amides is 2. The van der Waals surface area contributed by atoms with Crippen molar-refractivity contribution in [3.8, 4) is 11.5 Å². The number of rotatable bonds is 12. The molecule has 1 atom stereocenters. The molecule has 0 heterocycles. The van der Waals surface area contributed by atoms with Crippen LogP contribution in [0.1, 0.15) is 13.8 Å². The monoisotopic (exact) mass is 367 g/mol. The summed E-state index contributed by atoms with van der Waals surface area (Å²) in [5.41, 5.74) is 0. The smallest absolute Gasteiger partial charge is 0.257 e. The highest BCUT2D eigenvalue weighted by atomic mass is 16.5. The van der Waals surface area contributed by atoms with Crippen LogP contribution in [0.25, 0.3) is 0 Å². The summed E-state index contributed by atoms with van der Waals surface area (Å²) in [6, 6.07) is 6.96. The Kier molecular flexibility index (Phi) is 10.1. The van der Waals surface area contributed by atoms with Crippen LogP contribution in [0.2, 0.25) is 0 Å². The third-order valence-electron chi connectivity index (χ3n) is 3.42. The van der Waals surface area contributed by atoms with E-state index in [0.717, 1.165) is 0 Å². The summed E-state index contributed by atoms with van der Waals surface area (Å²) in [4.78, 5) is 22.7. The molecule has 0 fully saturated rings. The molecular formula is C18H29N3O5. The van der Waals surface area contributed by atoms with Crippen LogP contribution < -0.4 is 25.4 Å². The largest absolute Gasteiger partial charge is 0.487 e. The van der Waals surface area contributed by atoms with Gasteiger partial charge in [0.2, 0.25) is 5.91 Å². The molecule has 4 N–H and O–H groups in total. The van der Waals surface area contributed by atoms with Gasteiger partial charge in [-0.2, -0.15) is 0 Å². The number of carbonyl (C=O) groups is 2. The van der Waals surface area contributed by atoms with E-state index in [1.807, 2.05) is 13.8 Å². The Morgan fingerprint density at radius 2 is 1.77 bits per heavy atom. The summed E-state index contributed by atoms with van der Waals surface area (Å²) in [5.74, 6) is 0.615. The molecule has 1 aromatic carbocycles. The maximum absolute atomic E-state index is 11.4. The summed E-state index contributed by atoms with van der Waals surface area (Å²) < 4.78 is 11.0. The molecule has 0 aliphatic carbocycles. The number of nitrogens with one attached hydrogen (secondary N) is 3. The Balaban J connectivity index is 2.28. The predicted octanol–water partition coefficient (Wildman–Crippen LogP) is -0.0871. The van der Waals surface area contributed by atoms with Crippen molar-refractivity contribution in [3.05, 3.63) is 24.3 Å². The van der Waals surface area contributed by atoms with Crippen molar-refractivity contribution in [1.82, 2.24) is 16.0 Å². The van der Waals surface area contributed by atoms with Crippen LogP contribution in [0.15, 0.2) is 24.3 Å². The van der Waals surface area contributed by atoms with E-state index in [4.69, 9.17) is 9.47 Å². The van der Waals surface area contributed by atoms with Crippen molar-refractivity contribution in [2.45, 2.75) is 20.0 Å². The molecule has 0 saturated heterocycles. The standard InChI is InChI=1S/C18H29N3O5/c1-13(2)18(24)21-9-8-20-10-14(22)11-25-15-6-4-5-7-16(15)26-12-17(23)19-3/h4-7,13-14,20,22H,8-12H2,1-3H3,(H,19,23)(H,21,24). The van der Waals surface area contributed by atoms with Gasteiger partial charge in [0.05, 0.1) is 0 Å². The van der Waals surface area contributed by atoms with Gasteiger partial charge >= 0.3 is 0 Å². The molecule has 26 heavy (non-hydrogen) atoms. The van der Waals surface area contributed by atoms with Crippen molar-refractivity contribution >= 4 is 11.8 Å². The highest BCUT2D eigenvalue weighted by molar-refractivity contribution is 5.77. The van der Waals surface area contributed by atoms with Crippen LogP contribution in [-0.2, 0) is 9.59 Å². The van der Waals surface area contributed by atoms with E-state index in [1.165, 1.54) is 7.05 Å². The molecule has 146 valence electrons. The molecule has 2 amide bonds. The highest BCUT2D eigenvalue weighted by Crippen LogP contribution is 2.26. The number of carbonyl (C=O) groups excluding carboxylic acids is 2. The first kappa shape index (κ1) is 21.7. The lowest BCUT2D eigenvalue weighted by atomic mass is 10.2. The number of likely N-dealkylation sites (N-methyl/N-ethyl adjacent to an activating group) is 1. The molecule has 8 heteroatoms. The van der Waals surface area contributed by atoms with Crippen molar-refractivity contribution in [2.75, 3.05) is 39.9 Å². The van der Waals surface area contributed by atoms with Gasteiger partial charge in [0.1, 0.15) is 12.7 Å². The quantitative estimate of drug-likeness (QED) is 0.385. The Morgan fingerprint density at radius 1 is 1.12 bits per heavy atom. The first-order chi connectivity index (χ1) is 12.4. The normalized spacial score (nSPS) is 11.7. The molecule has 0 radical (unpaired) electrons. The van der Waals surface area contributed by atoms with E-state index < -0.39 is 6.10 Å². The minimum absolute atomic E-state index is 0.00374. The number of aliphatic hydroxyl groups is 1. The fourth-order valence-corrected chi connectivity index (χ4v) is 1.90. The highest BCUT2D eigenvalue weighted by Gasteiger charge is 2.10.